The van der Waals surface area contributed by atoms with Crippen molar-refractivity contribution in [2.75, 3.05) is 26.9 Å². The van der Waals surface area contributed by atoms with E-state index in [1.807, 2.05) is 12.1 Å². The molecular formula is C13H17NO4. The second kappa shape index (κ2) is 5.84. The summed E-state index contributed by atoms with van der Waals surface area (Å²) in [5.74, 6) is 0.658. The minimum absolute atomic E-state index is 0.181. The van der Waals surface area contributed by atoms with E-state index in [-0.39, 0.29) is 19.1 Å². The van der Waals surface area contributed by atoms with Gasteiger partial charge < -0.3 is 19.9 Å². The average molecular weight is 251 g/mol. The fourth-order valence-corrected chi connectivity index (χ4v) is 1.89. The third-order valence-corrected chi connectivity index (χ3v) is 2.81. The third kappa shape index (κ3) is 3.00. The van der Waals surface area contributed by atoms with Crippen molar-refractivity contribution in [3.8, 4) is 5.75 Å². The Morgan fingerprint density at radius 3 is 3.22 bits per heavy atom. The molecule has 18 heavy (non-hydrogen) atoms. The molecule has 5 heteroatoms. The van der Waals surface area contributed by atoms with Gasteiger partial charge in [-0.1, -0.05) is 0 Å². The maximum atomic E-state index is 11.8. The van der Waals surface area contributed by atoms with E-state index in [1.54, 1.807) is 6.07 Å². The van der Waals surface area contributed by atoms with Gasteiger partial charge in [-0.15, -0.1) is 0 Å². The number of aliphatic hydroxyl groups is 1. The lowest BCUT2D eigenvalue weighted by molar-refractivity contribution is 0.0610. The van der Waals surface area contributed by atoms with E-state index < -0.39 is 6.10 Å². The number of nitrogens with one attached hydrogen (secondary N) is 1. The van der Waals surface area contributed by atoms with Crippen molar-refractivity contribution in [3.63, 3.8) is 0 Å². The van der Waals surface area contributed by atoms with Crippen LogP contribution in [0.15, 0.2) is 18.2 Å². The monoisotopic (exact) mass is 251 g/mol. The number of benzene rings is 1. The Balaban J connectivity index is 1.93. The number of rotatable bonds is 5. The Hall–Kier alpha value is -1.59. The highest BCUT2D eigenvalue weighted by molar-refractivity contribution is 5.94. The lowest BCUT2D eigenvalue weighted by atomic mass is 10.1. The number of carbonyl (C=O) groups is 1. The van der Waals surface area contributed by atoms with E-state index in [1.165, 1.54) is 7.11 Å². The van der Waals surface area contributed by atoms with Crippen molar-refractivity contribution in [2.45, 2.75) is 12.5 Å². The summed E-state index contributed by atoms with van der Waals surface area (Å²) in [5, 5.41) is 12.1. The van der Waals surface area contributed by atoms with E-state index in [0.717, 1.165) is 17.7 Å². The Morgan fingerprint density at radius 2 is 2.44 bits per heavy atom. The first-order valence-electron chi connectivity index (χ1n) is 5.91. The van der Waals surface area contributed by atoms with Crippen LogP contribution >= 0.6 is 0 Å². The van der Waals surface area contributed by atoms with Crippen molar-refractivity contribution in [1.29, 1.82) is 0 Å². The molecule has 2 rings (SSSR count). The smallest absolute Gasteiger partial charge is 0.251 e. The second-order valence-electron chi connectivity index (χ2n) is 4.24. The molecule has 1 aromatic rings. The number of carbonyl (C=O) groups excluding carboxylic acids is 1. The fourth-order valence-electron chi connectivity index (χ4n) is 1.89. The van der Waals surface area contributed by atoms with Gasteiger partial charge in [-0.3, -0.25) is 4.79 Å². The van der Waals surface area contributed by atoms with Gasteiger partial charge in [0, 0.05) is 25.6 Å². The molecule has 0 bridgehead atoms. The zero-order valence-electron chi connectivity index (χ0n) is 10.3. The zero-order chi connectivity index (χ0) is 13.0. The predicted octanol–water partition coefficient (Wildman–Crippen LogP) is 0.359. The van der Waals surface area contributed by atoms with Gasteiger partial charge >= 0.3 is 0 Å². The maximum absolute atomic E-state index is 11.8. The third-order valence-electron chi connectivity index (χ3n) is 2.81. The predicted molar refractivity (Wildman–Crippen MR) is 65.9 cm³/mol. The quantitative estimate of drug-likeness (QED) is 0.793. The number of hydrogen-bond acceptors (Lipinski definition) is 4. The fraction of sp³-hybridized carbons (Fsp3) is 0.462. The van der Waals surface area contributed by atoms with E-state index in [4.69, 9.17) is 9.47 Å². The minimum atomic E-state index is -0.684. The van der Waals surface area contributed by atoms with E-state index in [2.05, 4.69) is 5.32 Å². The largest absolute Gasteiger partial charge is 0.493 e. The minimum Gasteiger partial charge on any atom is -0.493 e. The average Bonchev–Trinajstić information content (AvgIpc) is 2.83. The molecule has 1 aromatic carbocycles. The van der Waals surface area contributed by atoms with E-state index in [9.17, 15) is 9.90 Å². The molecule has 1 heterocycles. The molecule has 0 spiro atoms. The van der Waals surface area contributed by atoms with Crippen LogP contribution in [0, 0.1) is 0 Å². The van der Waals surface area contributed by atoms with Crippen LogP contribution in [-0.4, -0.2) is 44.0 Å². The van der Waals surface area contributed by atoms with Crippen LogP contribution in [0.2, 0.25) is 0 Å². The van der Waals surface area contributed by atoms with Crippen LogP contribution in [-0.2, 0) is 11.2 Å². The van der Waals surface area contributed by atoms with Gasteiger partial charge in [-0.2, -0.15) is 0 Å². The highest BCUT2D eigenvalue weighted by Crippen LogP contribution is 2.25. The molecule has 0 fully saturated rings. The van der Waals surface area contributed by atoms with Crippen molar-refractivity contribution in [2.24, 2.45) is 0 Å². The van der Waals surface area contributed by atoms with E-state index in [0.29, 0.717) is 12.2 Å². The molecule has 5 nitrogen and oxygen atoms in total. The highest BCUT2D eigenvalue weighted by atomic mass is 16.5. The van der Waals surface area contributed by atoms with E-state index >= 15 is 0 Å². The Labute approximate surface area is 106 Å². The first kappa shape index (κ1) is 12.9. The summed E-state index contributed by atoms with van der Waals surface area (Å²) in [4.78, 5) is 11.8. The molecule has 98 valence electrons. The van der Waals surface area contributed by atoms with Gasteiger partial charge in [0.1, 0.15) is 5.75 Å². The SMILES string of the molecule is COCC(O)CNC(=O)c1ccc2c(c1)CCO2. The van der Waals surface area contributed by atoms with Gasteiger partial charge in [0.25, 0.3) is 5.91 Å². The van der Waals surface area contributed by atoms with Crippen molar-refractivity contribution < 1.29 is 19.4 Å². The molecule has 0 saturated heterocycles. The first-order chi connectivity index (χ1) is 8.70. The normalized spacial score (nSPS) is 14.8. The summed E-state index contributed by atoms with van der Waals surface area (Å²) < 4.78 is 10.2. The molecule has 0 aromatic heterocycles. The van der Waals surface area contributed by atoms with Crippen LogP contribution in [0.1, 0.15) is 15.9 Å². The first-order valence-corrected chi connectivity index (χ1v) is 5.91. The van der Waals surface area contributed by atoms with Gasteiger partial charge in [-0.25, -0.2) is 0 Å². The van der Waals surface area contributed by atoms with Crippen LogP contribution < -0.4 is 10.1 Å². The molecule has 1 unspecified atom stereocenters. The number of amides is 1. The van der Waals surface area contributed by atoms with Crippen LogP contribution in [0.5, 0.6) is 5.75 Å². The van der Waals surface area contributed by atoms with Crippen molar-refractivity contribution >= 4 is 5.91 Å². The summed E-state index contributed by atoms with van der Waals surface area (Å²) in [5.41, 5.74) is 1.64. The Morgan fingerprint density at radius 1 is 1.61 bits per heavy atom. The van der Waals surface area contributed by atoms with Crippen LogP contribution in [0.4, 0.5) is 0 Å². The molecular weight excluding hydrogens is 234 g/mol. The molecule has 1 aliphatic rings. The van der Waals surface area contributed by atoms with Crippen molar-refractivity contribution in [1.82, 2.24) is 5.32 Å². The van der Waals surface area contributed by atoms with Gasteiger partial charge in [-0.05, 0) is 23.8 Å². The summed E-state index contributed by atoms with van der Waals surface area (Å²) in [7, 11) is 1.51. The number of fused-ring (bicyclic) bond motifs is 1. The molecule has 1 aliphatic heterocycles. The molecule has 0 aliphatic carbocycles. The number of ether oxygens (including phenoxy) is 2. The standard InChI is InChI=1S/C13H17NO4/c1-17-8-11(15)7-14-13(16)10-2-3-12-9(6-10)4-5-18-12/h2-3,6,11,15H,4-5,7-8H2,1H3,(H,14,16). The molecule has 2 N–H and O–H groups in total. The topological polar surface area (TPSA) is 67.8 Å². The molecule has 0 radical (unpaired) electrons. The lowest BCUT2D eigenvalue weighted by Crippen LogP contribution is -2.34. The van der Waals surface area contributed by atoms with Gasteiger partial charge in [0.15, 0.2) is 0 Å². The Kier molecular flexibility index (Phi) is 4.17. The number of hydrogen-bond donors (Lipinski definition) is 2. The molecule has 0 saturated carbocycles. The summed E-state index contributed by atoms with van der Waals surface area (Å²) in [6.45, 7) is 1.06. The maximum Gasteiger partial charge on any atom is 0.251 e. The highest BCUT2D eigenvalue weighted by Gasteiger charge is 2.15. The zero-order valence-corrected chi connectivity index (χ0v) is 10.3. The van der Waals surface area contributed by atoms with Crippen LogP contribution in [0.3, 0.4) is 0 Å². The van der Waals surface area contributed by atoms with Crippen LogP contribution in [0.25, 0.3) is 0 Å². The van der Waals surface area contributed by atoms with Crippen molar-refractivity contribution in [3.05, 3.63) is 29.3 Å². The molecule has 1 amide bonds. The summed E-state index contributed by atoms with van der Waals surface area (Å²) in [6, 6.07) is 5.37. The summed E-state index contributed by atoms with van der Waals surface area (Å²) >= 11 is 0. The second-order valence-corrected chi connectivity index (χ2v) is 4.24. The van der Waals surface area contributed by atoms with Gasteiger partial charge in [0.2, 0.25) is 0 Å². The number of aliphatic hydroxyl groups excluding tert-OH is 1. The molecule has 1 atom stereocenters. The number of methoxy groups -OCH3 is 1. The lowest BCUT2D eigenvalue weighted by Gasteiger charge is -2.11. The summed E-state index contributed by atoms with van der Waals surface area (Å²) in [6.07, 6.45) is 0.152. The van der Waals surface area contributed by atoms with Gasteiger partial charge in [0.05, 0.1) is 19.3 Å². The Bertz CT molecular complexity index is 433.